The van der Waals surface area contributed by atoms with Crippen molar-refractivity contribution in [2.45, 2.75) is 19.9 Å². The highest BCUT2D eigenvalue weighted by atomic mass is 35.5. The van der Waals surface area contributed by atoms with Crippen LogP contribution < -0.4 is 15.5 Å². The molecule has 6 heteroatoms. The fourth-order valence-corrected chi connectivity index (χ4v) is 2.80. The van der Waals surface area contributed by atoms with Gasteiger partial charge in [0.15, 0.2) is 6.54 Å². The van der Waals surface area contributed by atoms with Gasteiger partial charge in [0.25, 0.3) is 5.91 Å². The number of carbonyl (C=O) groups excluding carboxylic acids is 2. The number of nitrogens with one attached hydrogen (secondary N) is 3. The lowest BCUT2D eigenvalue weighted by atomic mass is 10.1. The van der Waals surface area contributed by atoms with Crippen LogP contribution in [-0.4, -0.2) is 32.0 Å². The van der Waals surface area contributed by atoms with E-state index in [0.717, 1.165) is 28.1 Å². The Morgan fingerprint density at radius 3 is 2.42 bits per heavy atom. The first kappa shape index (κ1) is 19.9. The Labute approximate surface area is 159 Å². The standard InChI is InChI=1S/C20H24ClN3O2/c1-3-16-6-4-5-7-18(16)23-19(25)12-22-20(26)14-24(2)13-15-8-10-17(21)11-9-15/h4-11H,3,12-14H2,1-2H3,(H,22,26)(H,23,25)/p+1. The number of para-hydroxylation sites is 1. The average Bonchev–Trinajstić information content (AvgIpc) is 2.62. The van der Waals surface area contributed by atoms with Crippen LogP contribution in [-0.2, 0) is 22.6 Å². The normalized spacial score (nSPS) is 11.7. The highest BCUT2D eigenvalue weighted by Gasteiger charge is 2.12. The first-order valence-corrected chi connectivity index (χ1v) is 9.06. The first-order chi connectivity index (χ1) is 12.5. The fourth-order valence-electron chi connectivity index (χ4n) is 2.67. The van der Waals surface area contributed by atoms with Crippen LogP contribution in [0.25, 0.3) is 0 Å². The summed E-state index contributed by atoms with van der Waals surface area (Å²) in [6.07, 6.45) is 0.835. The third kappa shape index (κ3) is 6.50. The van der Waals surface area contributed by atoms with Crippen LogP contribution in [0.5, 0.6) is 0 Å². The summed E-state index contributed by atoms with van der Waals surface area (Å²) in [4.78, 5) is 25.1. The first-order valence-electron chi connectivity index (χ1n) is 8.68. The highest BCUT2D eigenvalue weighted by Crippen LogP contribution is 2.14. The van der Waals surface area contributed by atoms with Crippen LogP contribution in [0, 0.1) is 0 Å². The minimum absolute atomic E-state index is 0.0366. The lowest BCUT2D eigenvalue weighted by Gasteiger charge is -2.14. The van der Waals surface area contributed by atoms with Crippen molar-refractivity contribution in [3.05, 3.63) is 64.7 Å². The minimum atomic E-state index is -0.227. The van der Waals surface area contributed by atoms with Gasteiger partial charge in [-0.1, -0.05) is 48.9 Å². The lowest BCUT2D eigenvalue weighted by molar-refractivity contribution is -0.885. The molecule has 2 aromatic rings. The van der Waals surface area contributed by atoms with E-state index in [1.54, 1.807) is 0 Å². The summed E-state index contributed by atoms with van der Waals surface area (Å²) in [7, 11) is 1.94. The maximum atomic E-state index is 12.0. The molecule has 2 aromatic carbocycles. The van der Waals surface area contributed by atoms with E-state index in [2.05, 4.69) is 10.6 Å². The van der Waals surface area contributed by atoms with E-state index >= 15 is 0 Å². The number of hydrogen-bond donors (Lipinski definition) is 3. The second kappa shape index (κ2) is 9.94. The summed E-state index contributed by atoms with van der Waals surface area (Å²) in [6.45, 7) is 3.00. The van der Waals surface area contributed by atoms with E-state index in [1.807, 2.05) is 62.5 Å². The van der Waals surface area contributed by atoms with E-state index in [9.17, 15) is 9.59 Å². The third-order valence-corrected chi connectivity index (χ3v) is 4.25. The van der Waals surface area contributed by atoms with Crippen LogP contribution in [0.15, 0.2) is 48.5 Å². The molecule has 0 aliphatic heterocycles. The predicted octanol–water partition coefficient (Wildman–Crippen LogP) is 1.67. The molecular weight excluding hydrogens is 350 g/mol. The number of anilines is 1. The molecule has 0 saturated carbocycles. The molecule has 0 spiro atoms. The summed E-state index contributed by atoms with van der Waals surface area (Å²) in [5.74, 6) is -0.384. The van der Waals surface area contributed by atoms with Crippen molar-refractivity contribution in [1.29, 1.82) is 0 Å². The Morgan fingerprint density at radius 2 is 1.73 bits per heavy atom. The average molecular weight is 375 g/mol. The SMILES string of the molecule is CCc1ccccc1NC(=O)CNC(=O)C[NH+](C)Cc1ccc(Cl)cc1. The number of likely N-dealkylation sites (N-methyl/N-ethyl adjacent to an activating group) is 1. The van der Waals surface area contributed by atoms with Crippen molar-refractivity contribution < 1.29 is 14.5 Å². The number of halogens is 1. The molecule has 1 atom stereocenters. The van der Waals surface area contributed by atoms with Gasteiger partial charge in [-0.2, -0.15) is 0 Å². The molecule has 0 saturated heterocycles. The van der Waals surface area contributed by atoms with Gasteiger partial charge in [0.2, 0.25) is 5.91 Å². The van der Waals surface area contributed by atoms with Crippen molar-refractivity contribution in [2.24, 2.45) is 0 Å². The Hall–Kier alpha value is -2.37. The number of carbonyl (C=O) groups is 2. The van der Waals surface area contributed by atoms with Crippen molar-refractivity contribution in [2.75, 3.05) is 25.5 Å². The van der Waals surface area contributed by atoms with E-state index < -0.39 is 0 Å². The zero-order valence-electron chi connectivity index (χ0n) is 15.1. The zero-order valence-corrected chi connectivity index (χ0v) is 15.9. The van der Waals surface area contributed by atoms with Crippen LogP contribution in [0.2, 0.25) is 5.02 Å². The molecule has 0 fully saturated rings. The molecule has 0 bridgehead atoms. The quantitative estimate of drug-likeness (QED) is 0.658. The molecule has 0 aliphatic carbocycles. The van der Waals surface area contributed by atoms with Crippen LogP contribution in [0.4, 0.5) is 5.69 Å². The van der Waals surface area contributed by atoms with Gasteiger partial charge in [-0.05, 0) is 30.2 Å². The molecule has 5 nitrogen and oxygen atoms in total. The van der Waals surface area contributed by atoms with Crippen molar-refractivity contribution in [1.82, 2.24) is 5.32 Å². The maximum Gasteiger partial charge on any atom is 0.275 e. The molecule has 0 heterocycles. The van der Waals surface area contributed by atoms with Gasteiger partial charge in [0.05, 0.1) is 13.6 Å². The highest BCUT2D eigenvalue weighted by molar-refractivity contribution is 6.30. The van der Waals surface area contributed by atoms with Gasteiger partial charge in [-0.25, -0.2) is 0 Å². The molecule has 0 aliphatic rings. The second-order valence-electron chi connectivity index (χ2n) is 6.27. The molecule has 2 rings (SSSR count). The summed E-state index contributed by atoms with van der Waals surface area (Å²) in [6, 6.07) is 15.2. The number of hydrogen-bond acceptors (Lipinski definition) is 2. The van der Waals surface area contributed by atoms with Crippen molar-refractivity contribution in [3.8, 4) is 0 Å². The zero-order chi connectivity index (χ0) is 18.9. The summed E-state index contributed by atoms with van der Waals surface area (Å²) in [5.41, 5.74) is 2.97. The predicted molar refractivity (Wildman–Crippen MR) is 104 cm³/mol. The number of amides is 2. The van der Waals surface area contributed by atoms with E-state index in [0.29, 0.717) is 18.1 Å². The second-order valence-corrected chi connectivity index (χ2v) is 6.71. The fraction of sp³-hybridized carbons (Fsp3) is 0.300. The van der Waals surface area contributed by atoms with Crippen molar-refractivity contribution >= 4 is 29.1 Å². The van der Waals surface area contributed by atoms with Gasteiger partial charge in [-0.3, -0.25) is 9.59 Å². The maximum absolute atomic E-state index is 12.0. The Bertz CT molecular complexity index is 747. The van der Waals surface area contributed by atoms with Crippen LogP contribution in [0.1, 0.15) is 18.1 Å². The largest absolute Gasteiger partial charge is 0.342 e. The van der Waals surface area contributed by atoms with E-state index in [4.69, 9.17) is 11.6 Å². The smallest absolute Gasteiger partial charge is 0.275 e. The monoisotopic (exact) mass is 374 g/mol. The molecule has 3 N–H and O–H groups in total. The van der Waals surface area contributed by atoms with Gasteiger partial charge >= 0.3 is 0 Å². The Morgan fingerprint density at radius 1 is 1.04 bits per heavy atom. The number of benzene rings is 2. The summed E-state index contributed by atoms with van der Waals surface area (Å²) in [5, 5.41) is 6.21. The molecule has 1 unspecified atom stereocenters. The molecular formula is C20H25ClN3O2+. The van der Waals surface area contributed by atoms with Crippen LogP contribution in [0.3, 0.4) is 0 Å². The molecule has 138 valence electrons. The van der Waals surface area contributed by atoms with E-state index in [-0.39, 0.29) is 18.4 Å². The Balaban J connectivity index is 1.75. The van der Waals surface area contributed by atoms with Gasteiger partial charge < -0.3 is 15.5 Å². The number of aryl methyl sites for hydroxylation is 1. The van der Waals surface area contributed by atoms with Gasteiger partial charge in [-0.15, -0.1) is 0 Å². The molecule has 2 amide bonds. The molecule has 0 aromatic heterocycles. The topological polar surface area (TPSA) is 62.6 Å². The van der Waals surface area contributed by atoms with Crippen molar-refractivity contribution in [3.63, 3.8) is 0 Å². The van der Waals surface area contributed by atoms with E-state index in [1.165, 1.54) is 0 Å². The van der Waals surface area contributed by atoms with Gasteiger partial charge in [0, 0.05) is 16.3 Å². The number of quaternary nitrogens is 1. The number of rotatable bonds is 8. The molecule has 0 radical (unpaired) electrons. The Kier molecular flexibility index (Phi) is 7.63. The summed E-state index contributed by atoms with van der Waals surface area (Å²) < 4.78 is 0. The summed E-state index contributed by atoms with van der Waals surface area (Å²) >= 11 is 5.87. The van der Waals surface area contributed by atoms with Gasteiger partial charge in [0.1, 0.15) is 6.54 Å². The minimum Gasteiger partial charge on any atom is -0.342 e. The van der Waals surface area contributed by atoms with Crippen LogP contribution >= 0.6 is 11.6 Å². The third-order valence-electron chi connectivity index (χ3n) is 4.00. The lowest BCUT2D eigenvalue weighted by Crippen LogP contribution is -3.08. The molecule has 26 heavy (non-hydrogen) atoms.